The minimum atomic E-state index is -3.93. The van der Waals surface area contributed by atoms with E-state index < -0.39 is 68.0 Å². The molecule has 1 amide bonds. The molecular formula is C33H32F3N5O5S. The molecule has 6 rings (SSSR count). The Hall–Kier alpha value is -4.72. The average Bonchev–Trinajstić information content (AvgIpc) is 2.96. The number of carbonyl (C=O) groups is 1. The van der Waals surface area contributed by atoms with Gasteiger partial charge in [-0.05, 0) is 62.4 Å². The second-order valence-electron chi connectivity index (χ2n) is 12.2. The Balaban J connectivity index is 1.68. The summed E-state index contributed by atoms with van der Waals surface area (Å²) in [7, 11) is -3.93. The maximum Gasteiger partial charge on any atom is 0.355 e. The first kappa shape index (κ1) is 32.2. The zero-order valence-corrected chi connectivity index (χ0v) is 26.7. The Morgan fingerprint density at radius 3 is 2.34 bits per heavy atom. The fraction of sp³-hybridized carbons (Fsp3) is 0.333. The molecular weight excluding hydrogens is 635 g/mol. The van der Waals surface area contributed by atoms with Gasteiger partial charge in [0.05, 0.1) is 21.5 Å². The van der Waals surface area contributed by atoms with Crippen molar-refractivity contribution in [2.75, 3.05) is 24.2 Å². The number of aromatic hydroxyl groups is 1. The highest BCUT2D eigenvalue weighted by molar-refractivity contribution is 7.90. The van der Waals surface area contributed by atoms with Crippen molar-refractivity contribution >= 4 is 32.6 Å². The van der Waals surface area contributed by atoms with E-state index in [1.54, 1.807) is 30.9 Å². The number of nitrogens with zero attached hydrogens (tertiary/aromatic N) is 5. The number of piperazine rings is 1. The van der Waals surface area contributed by atoms with Crippen molar-refractivity contribution in [1.29, 1.82) is 0 Å². The molecule has 2 fully saturated rings. The van der Waals surface area contributed by atoms with Gasteiger partial charge in [-0.15, -0.1) is 0 Å². The number of hydrogen-bond donors (Lipinski definition) is 1. The van der Waals surface area contributed by atoms with E-state index in [2.05, 4.69) is 16.5 Å². The highest BCUT2D eigenvalue weighted by Crippen LogP contribution is 2.42. The number of anilines is 1. The second kappa shape index (κ2) is 11.8. The molecule has 14 heteroatoms. The second-order valence-corrected chi connectivity index (χ2v) is 14.2. The smallest absolute Gasteiger partial charge is 0.355 e. The van der Waals surface area contributed by atoms with E-state index in [1.165, 1.54) is 23.1 Å². The van der Waals surface area contributed by atoms with E-state index in [-0.39, 0.29) is 46.4 Å². The van der Waals surface area contributed by atoms with Gasteiger partial charge in [0.1, 0.15) is 23.1 Å². The van der Waals surface area contributed by atoms with Gasteiger partial charge in [0.25, 0.3) is 5.91 Å². The van der Waals surface area contributed by atoms with Crippen LogP contribution in [0.1, 0.15) is 44.6 Å². The maximum absolute atomic E-state index is 16.0. The molecule has 0 radical (unpaired) electrons. The lowest BCUT2D eigenvalue weighted by Gasteiger charge is -2.44. The van der Waals surface area contributed by atoms with Gasteiger partial charge in [-0.1, -0.05) is 31.2 Å². The van der Waals surface area contributed by atoms with Crippen molar-refractivity contribution in [3.63, 3.8) is 0 Å². The molecule has 0 bridgehead atoms. The molecule has 2 aliphatic rings. The van der Waals surface area contributed by atoms with Crippen LogP contribution < -0.4 is 10.6 Å². The Morgan fingerprint density at radius 2 is 1.72 bits per heavy atom. The van der Waals surface area contributed by atoms with Crippen molar-refractivity contribution < 1.29 is 31.5 Å². The van der Waals surface area contributed by atoms with E-state index in [1.807, 2.05) is 0 Å². The average molecular weight is 668 g/mol. The molecule has 246 valence electrons. The summed E-state index contributed by atoms with van der Waals surface area (Å²) < 4.78 is 72.2. The van der Waals surface area contributed by atoms with Gasteiger partial charge >= 0.3 is 5.69 Å². The fourth-order valence-corrected chi connectivity index (χ4v) is 7.32. The summed E-state index contributed by atoms with van der Waals surface area (Å²) in [6.45, 7) is 6.58. The predicted molar refractivity (Wildman–Crippen MR) is 170 cm³/mol. The minimum Gasteiger partial charge on any atom is -0.507 e. The van der Waals surface area contributed by atoms with Crippen LogP contribution in [-0.4, -0.2) is 70.3 Å². The van der Waals surface area contributed by atoms with Crippen molar-refractivity contribution in [3.05, 3.63) is 82.6 Å². The van der Waals surface area contributed by atoms with Gasteiger partial charge in [0, 0.05) is 31.4 Å². The zero-order valence-electron chi connectivity index (χ0n) is 25.9. The number of phenolic OH excluding ortho intramolecular Hbond substituents is 1. The highest BCUT2D eigenvalue weighted by Gasteiger charge is 2.36. The standard InChI is InChI=1S/C33H32F3N5O5S/c1-17-16-40(32(43)19(3)34)18(2)15-39(17)30-22-14-24(36)28(27-23(35)11-7-12-25(27)42)37-31(22)41(33(44)38-30)29-21(20-8-5-9-20)10-6-13-26(29)47(4,45)46/h6-7,10-14,17-18,20,42H,3,5,8-9,15-16H2,1-2,4H3/t17-,18+/m0/s1. The van der Waals surface area contributed by atoms with Crippen molar-refractivity contribution in [2.45, 2.75) is 56.0 Å². The summed E-state index contributed by atoms with van der Waals surface area (Å²) in [4.78, 5) is 38.3. The van der Waals surface area contributed by atoms with Crippen LogP contribution in [-0.2, 0) is 14.6 Å². The molecule has 3 heterocycles. The van der Waals surface area contributed by atoms with Crippen LogP contribution in [0.3, 0.4) is 0 Å². The summed E-state index contributed by atoms with van der Waals surface area (Å²) >= 11 is 0. The summed E-state index contributed by atoms with van der Waals surface area (Å²) in [5.74, 6) is -4.67. The van der Waals surface area contributed by atoms with Crippen LogP contribution in [0.4, 0.5) is 19.0 Å². The van der Waals surface area contributed by atoms with Crippen LogP contribution >= 0.6 is 0 Å². The van der Waals surface area contributed by atoms with Crippen molar-refractivity contribution in [3.8, 4) is 22.7 Å². The molecule has 2 atom stereocenters. The number of halogens is 3. The number of aromatic nitrogens is 3. The van der Waals surface area contributed by atoms with Crippen LogP contribution in [0.2, 0.25) is 0 Å². The Labute approximate surface area is 268 Å². The number of para-hydroxylation sites is 1. The number of phenols is 1. The van der Waals surface area contributed by atoms with Crippen molar-refractivity contribution in [1.82, 2.24) is 19.4 Å². The summed E-state index contributed by atoms with van der Waals surface area (Å²) in [5.41, 5.74) is -1.69. The molecule has 0 unspecified atom stereocenters. The topological polar surface area (TPSA) is 126 Å². The van der Waals surface area contributed by atoms with Crippen LogP contribution in [0.25, 0.3) is 28.0 Å². The maximum atomic E-state index is 16.0. The largest absolute Gasteiger partial charge is 0.507 e. The third-order valence-corrected chi connectivity index (χ3v) is 10.1. The predicted octanol–water partition coefficient (Wildman–Crippen LogP) is 5.01. The first-order valence-electron chi connectivity index (χ1n) is 15.1. The van der Waals surface area contributed by atoms with E-state index in [4.69, 9.17) is 0 Å². The molecule has 47 heavy (non-hydrogen) atoms. The van der Waals surface area contributed by atoms with Crippen LogP contribution in [0.5, 0.6) is 5.75 Å². The first-order valence-corrected chi connectivity index (χ1v) is 16.9. The van der Waals surface area contributed by atoms with Gasteiger partial charge in [-0.25, -0.2) is 35.9 Å². The van der Waals surface area contributed by atoms with E-state index >= 15 is 8.78 Å². The lowest BCUT2D eigenvalue weighted by molar-refractivity contribution is -0.131. The molecule has 10 nitrogen and oxygen atoms in total. The molecule has 1 aliphatic carbocycles. The molecule has 1 aliphatic heterocycles. The number of pyridine rings is 1. The van der Waals surface area contributed by atoms with E-state index in [0.717, 1.165) is 42.2 Å². The van der Waals surface area contributed by atoms with Gasteiger partial charge < -0.3 is 14.9 Å². The summed E-state index contributed by atoms with van der Waals surface area (Å²) in [6, 6.07) is 8.01. The highest BCUT2D eigenvalue weighted by atomic mass is 32.2. The zero-order chi connectivity index (χ0) is 33.9. The summed E-state index contributed by atoms with van der Waals surface area (Å²) in [5, 5.41) is 10.5. The van der Waals surface area contributed by atoms with Gasteiger partial charge in [-0.3, -0.25) is 4.79 Å². The van der Waals surface area contributed by atoms with Crippen LogP contribution in [0, 0.1) is 11.6 Å². The molecule has 4 aromatic rings. The Morgan fingerprint density at radius 1 is 1.02 bits per heavy atom. The number of hydrogen-bond acceptors (Lipinski definition) is 8. The van der Waals surface area contributed by atoms with Gasteiger partial charge in [-0.2, -0.15) is 4.98 Å². The monoisotopic (exact) mass is 667 g/mol. The first-order chi connectivity index (χ1) is 22.2. The van der Waals surface area contributed by atoms with Crippen LogP contribution in [0.15, 0.2) is 64.6 Å². The van der Waals surface area contributed by atoms with E-state index in [9.17, 15) is 27.5 Å². The molecule has 0 spiro atoms. The number of carbonyl (C=O) groups excluding carboxylic acids is 1. The number of rotatable bonds is 6. The van der Waals surface area contributed by atoms with Gasteiger partial charge in [0.15, 0.2) is 27.1 Å². The number of sulfone groups is 1. The Kier molecular flexibility index (Phi) is 8.10. The number of benzene rings is 2. The van der Waals surface area contributed by atoms with Gasteiger partial charge in [0.2, 0.25) is 0 Å². The number of amides is 1. The normalized spacial score (nSPS) is 18.8. The lowest BCUT2D eigenvalue weighted by Crippen LogP contribution is -2.58. The lowest BCUT2D eigenvalue weighted by atomic mass is 9.79. The SMILES string of the molecule is C=C(F)C(=O)N1C[C@H](C)N(c2nc(=O)n(-c3c(C4CCC4)cccc3S(C)(=O)=O)c3nc(-c4c(O)cccc4F)c(F)cc23)C[C@H]1C. The molecule has 2 aromatic heterocycles. The molecule has 1 saturated carbocycles. The third kappa shape index (κ3) is 5.53. The van der Waals surface area contributed by atoms with E-state index in [0.29, 0.717) is 5.56 Å². The number of fused-ring (bicyclic) bond motifs is 1. The molecule has 2 aromatic carbocycles. The third-order valence-electron chi connectivity index (χ3n) is 8.98. The quantitative estimate of drug-likeness (QED) is 0.285. The molecule has 1 N–H and O–H groups in total. The summed E-state index contributed by atoms with van der Waals surface area (Å²) in [6.07, 6.45) is 3.41. The minimum absolute atomic E-state index is 0.00160. The molecule has 1 saturated heterocycles. The Bertz CT molecular complexity index is 2110. The van der Waals surface area contributed by atoms with Crippen molar-refractivity contribution in [2.24, 2.45) is 0 Å². The fourth-order valence-electron chi connectivity index (χ4n) is 6.44.